The van der Waals surface area contributed by atoms with Crippen LogP contribution in [-0.4, -0.2) is 42.0 Å². The standard InChI is InChI=1S/C13H18N2O3/c1-10(17)14-9-11-3-5-12(6-4-11)13(18)15(2)7-8-16/h3-6,16H,7-9H2,1-2H3,(H,14,17). The highest BCUT2D eigenvalue weighted by Crippen LogP contribution is 2.07. The number of nitrogens with zero attached hydrogens (tertiary/aromatic N) is 1. The summed E-state index contributed by atoms with van der Waals surface area (Å²) in [6, 6.07) is 7.03. The molecule has 18 heavy (non-hydrogen) atoms. The lowest BCUT2D eigenvalue weighted by Gasteiger charge is -2.15. The van der Waals surface area contributed by atoms with Gasteiger partial charge in [0.2, 0.25) is 5.91 Å². The van der Waals surface area contributed by atoms with Gasteiger partial charge in [0.25, 0.3) is 5.91 Å². The number of hydrogen-bond acceptors (Lipinski definition) is 3. The molecule has 98 valence electrons. The maximum absolute atomic E-state index is 11.9. The van der Waals surface area contributed by atoms with Gasteiger partial charge in [0, 0.05) is 32.6 Å². The quantitative estimate of drug-likeness (QED) is 0.794. The molecule has 0 unspecified atom stereocenters. The van der Waals surface area contributed by atoms with Crippen LogP contribution in [0.15, 0.2) is 24.3 Å². The van der Waals surface area contributed by atoms with E-state index in [0.717, 1.165) is 5.56 Å². The van der Waals surface area contributed by atoms with Crippen molar-refractivity contribution in [2.45, 2.75) is 13.5 Å². The van der Waals surface area contributed by atoms with Gasteiger partial charge in [-0.2, -0.15) is 0 Å². The molecule has 0 aromatic heterocycles. The number of benzene rings is 1. The Morgan fingerprint density at radius 2 is 1.89 bits per heavy atom. The van der Waals surface area contributed by atoms with E-state index in [1.165, 1.54) is 11.8 Å². The predicted octanol–water partition coefficient (Wildman–Crippen LogP) is 0.387. The smallest absolute Gasteiger partial charge is 0.253 e. The minimum atomic E-state index is -0.130. The van der Waals surface area contributed by atoms with E-state index in [9.17, 15) is 9.59 Å². The van der Waals surface area contributed by atoms with Gasteiger partial charge in [-0.05, 0) is 17.7 Å². The Balaban J connectivity index is 2.64. The number of hydrogen-bond donors (Lipinski definition) is 2. The lowest BCUT2D eigenvalue weighted by molar-refractivity contribution is -0.119. The maximum Gasteiger partial charge on any atom is 0.253 e. The van der Waals surface area contributed by atoms with Gasteiger partial charge < -0.3 is 15.3 Å². The lowest BCUT2D eigenvalue weighted by Crippen LogP contribution is -2.29. The summed E-state index contributed by atoms with van der Waals surface area (Å²) in [5.41, 5.74) is 1.50. The number of nitrogens with one attached hydrogen (secondary N) is 1. The molecule has 2 N–H and O–H groups in total. The number of aliphatic hydroxyl groups is 1. The molecule has 0 spiro atoms. The van der Waals surface area contributed by atoms with Crippen LogP contribution in [0.2, 0.25) is 0 Å². The molecule has 0 saturated carbocycles. The third kappa shape index (κ3) is 4.18. The van der Waals surface area contributed by atoms with Crippen molar-refractivity contribution in [3.8, 4) is 0 Å². The molecular weight excluding hydrogens is 232 g/mol. The third-order valence-electron chi connectivity index (χ3n) is 2.52. The molecule has 0 aliphatic heterocycles. The first kappa shape index (κ1) is 14.2. The van der Waals surface area contributed by atoms with Crippen molar-refractivity contribution in [1.29, 1.82) is 0 Å². The zero-order valence-electron chi connectivity index (χ0n) is 10.6. The predicted molar refractivity (Wildman–Crippen MR) is 68.0 cm³/mol. The van der Waals surface area contributed by atoms with Crippen molar-refractivity contribution in [2.75, 3.05) is 20.2 Å². The molecule has 5 nitrogen and oxygen atoms in total. The van der Waals surface area contributed by atoms with Crippen LogP contribution in [0, 0.1) is 0 Å². The van der Waals surface area contributed by atoms with E-state index < -0.39 is 0 Å². The normalized spacial score (nSPS) is 9.94. The van der Waals surface area contributed by atoms with Crippen LogP contribution in [0.3, 0.4) is 0 Å². The van der Waals surface area contributed by atoms with Gasteiger partial charge in [-0.1, -0.05) is 12.1 Å². The fourth-order valence-electron chi connectivity index (χ4n) is 1.46. The summed E-state index contributed by atoms with van der Waals surface area (Å²) < 4.78 is 0. The minimum absolute atomic E-state index is 0.0527. The van der Waals surface area contributed by atoms with Gasteiger partial charge in [0.05, 0.1) is 6.61 Å². The van der Waals surface area contributed by atoms with Crippen LogP contribution < -0.4 is 5.32 Å². The van der Waals surface area contributed by atoms with Crippen molar-refractivity contribution in [1.82, 2.24) is 10.2 Å². The summed E-state index contributed by atoms with van der Waals surface area (Å²) in [4.78, 5) is 24.1. The third-order valence-corrected chi connectivity index (χ3v) is 2.52. The molecular formula is C13H18N2O3. The molecule has 0 heterocycles. The Labute approximate surface area is 106 Å². The first-order chi connectivity index (χ1) is 8.54. The van der Waals surface area contributed by atoms with Crippen LogP contribution in [0.4, 0.5) is 0 Å². The topological polar surface area (TPSA) is 69.6 Å². The summed E-state index contributed by atoms with van der Waals surface area (Å²) in [6.45, 7) is 2.17. The second-order valence-electron chi connectivity index (χ2n) is 4.06. The summed E-state index contributed by atoms with van der Waals surface area (Å²) >= 11 is 0. The second kappa shape index (κ2) is 6.76. The van der Waals surface area contributed by atoms with Gasteiger partial charge in [0.1, 0.15) is 0 Å². The van der Waals surface area contributed by atoms with Gasteiger partial charge in [-0.3, -0.25) is 9.59 Å². The highest BCUT2D eigenvalue weighted by Gasteiger charge is 2.10. The Morgan fingerprint density at radius 1 is 1.28 bits per heavy atom. The SMILES string of the molecule is CC(=O)NCc1ccc(C(=O)N(C)CCO)cc1. The average Bonchev–Trinajstić information content (AvgIpc) is 2.36. The largest absolute Gasteiger partial charge is 0.395 e. The molecule has 0 fully saturated rings. The summed E-state index contributed by atoms with van der Waals surface area (Å²) in [5, 5.41) is 11.5. The number of amides is 2. The highest BCUT2D eigenvalue weighted by atomic mass is 16.3. The van der Waals surface area contributed by atoms with E-state index in [-0.39, 0.29) is 18.4 Å². The van der Waals surface area contributed by atoms with E-state index in [1.54, 1.807) is 31.3 Å². The van der Waals surface area contributed by atoms with Crippen molar-refractivity contribution in [3.63, 3.8) is 0 Å². The lowest BCUT2D eigenvalue weighted by atomic mass is 10.1. The molecule has 1 aromatic carbocycles. The Bertz CT molecular complexity index is 415. The summed E-state index contributed by atoms with van der Waals surface area (Å²) in [6.07, 6.45) is 0. The molecule has 5 heteroatoms. The van der Waals surface area contributed by atoms with E-state index in [4.69, 9.17) is 5.11 Å². The van der Waals surface area contributed by atoms with Gasteiger partial charge in [-0.15, -0.1) is 0 Å². The van der Waals surface area contributed by atoms with Gasteiger partial charge in [0.15, 0.2) is 0 Å². The number of aliphatic hydroxyl groups excluding tert-OH is 1. The molecule has 1 aromatic rings. The molecule has 2 amide bonds. The number of carbonyl (C=O) groups is 2. The number of likely N-dealkylation sites (N-methyl/N-ethyl adjacent to an activating group) is 1. The first-order valence-electron chi connectivity index (χ1n) is 5.74. The Kier molecular flexibility index (Phi) is 5.32. The van der Waals surface area contributed by atoms with E-state index >= 15 is 0 Å². The molecule has 0 radical (unpaired) electrons. The Hall–Kier alpha value is -1.88. The van der Waals surface area contributed by atoms with E-state index in [2.05, 4.69) is 5.32 Å². The van der Waals surface area contributed by atoms with Crippen LogP contribution in [0.5, 0.6) is 0 Å². The van der Waals surface area contributed by atoms with Crippen LogP contribution in [0.25, 0.3) is 0 Å². The highest BCUT2D eigenvalue weighted by molar-refractivity contribution is 5.94. The van der Waals surface area contributed by atoms with Crippen LogP contribution >= 0.6 is 0 Å². The van der Waals surface area contributed by atoms with E-state index in [1.807, 2.05) is 0 Å². The van der Waals surface area contributed by atoms with Crippen molar-refractivity contribution in [3.05, 3.63) is 35.4 Å². The fraction of sp³-hybridized carbons (Fsp3) is 0.385. The van der Waals surface area contributed by atoms with Crippen LogP contribution in [-0.2, 0) is 11.3 Å². The monoisotopic (exact) mass is 250 g/mol. The van der Waals surface area contributed by atoms with E-state index in [0.29, 0.717) is 18.7 Å². The Morgan fingerprint density at radius 3 is 2.39 bits per heavy atom. The number of rotatable bonds is 5. The molecule has 0 aliphatic carbocycles. The first-order valence-corrected chi connectivity index (χ1v) is 5.74. The molecule has 0 atom stereocenters. The maximum atomic E-state index is 11.9. The molecule has 1 rings (SSSR count). The molecule has 0 aliphatic rings. The van der Waals surface area contributed by atoms with Crippen molar-refractivity contribution < 1.29 is 14.7 Å². The zero-order chi connectivity index (χ0) is 13.5. The second-order valence-corrected chi connectivity index (χ2v) is 4.06. The van der Waals surface area contributed by atoms with Crippen molar-refractivity contribution >= 4 is 11.8 Å². The summed E-state index contributed by atoms with van der Waals surface area (Å²) in [7, 11) is 1.64. The number of carbonyl (C=O) groups excluding carboxylic acids is 2. The minimum Gasteiger partial charge on any atom is -0.395 e. The van der Waals surface area contributed by atoms with Gasteiger partial charge >= 0.3 is 0 Å². The molecule has 0 saturated heterocycles. The van der Waals surface area contributed by atoms with Gasteiger partial charge in [-0.25, -0.2) is 0 Å². The fourth-order valence-corrected chi connectivity index (χ4v) is 1.46. The van der Waals surface area contributed by atoms with Crippen LogP contribution in [0.1, 0.15) is 22.8 Å². The molecule has 0 bridgehead atoms. The summed E-state index contributed by atoms with van der Waals surface area (Å²) in [5.74, 6) is -0.215. The zero-order valence-corrected chi connectivity index (χ0v) is 10.6. The average molecular weight is 250 g/mol. The van der Waals surface area contributed by atoms with Crippen molar-refractivity contribution in [2.24, 2.45) is 0 Å².